The Morgan fingerprint density at radius 1 is 1.23 bits per heavy atom. The van der Waals surface area contributed by atoms with Gasteiger partial charge in [0.15, 0.2) is 5.82 Å². The number of rotatable bonds is 3. The average molecular weight is 296 g/mol. The number of pyridine rings is 1. The van der Waals surface area contributed by atoms with Gasteiger partial charge in [-0.25, -0.2) is 4.98 Å². The first-order valence-corrected chi connectivity index (χ1v) is 7.98. The second-order valence-corrected chi connectivity index (χ2v) is 6.92. The van der Waals surface area contributed by atoms with E-state index in [4.69, 9.17) is 5.73 Å². The van der Waals surface area contributed by atoms with Gasteiger partial charge in [0.2, 0.25) is 0 Å². The van der Waals surface area contributed by atoms with Gasteiger partial charge in [-0.3, -0.25) is 4.68 Å². The highest BCUT2D eigenvalue weighted by atomic mass is 15.3. The van der Waals surface area contributed by atoms with E-state index < -0.39 is 0 Å². The maximum absolute atomic E-state index is 6.14. The average Bonchev–Trinajstić information content (AvgIpc) is 2.90. The third-order valence-electron chi connectivity index (χ3n) is 4.08. The minimum atomic E-state index is -0.0733. The molecule has 0 atom stereocenters. The lowest BCUT2D eigenvalue weighted by molar-refractivity contribution is 0.358. The molecule has 3 aromatic rings. The molecule has 0 aliphatic rings. The van der Waals surface area contributed by atoms with Crippen molar-refractivity contribution in [3.63, 3.8) is 0 Å². The summed E-state index contributed by atoms with van der Waals surface area (Å²) in [5, 5.41) is 7.00. The number of hydrogen-bond donors (Lipinski definition) is 1. The van der Waals surface area contributed by atoms with Gasteiger partial charge in [-0.2, -0.15) is 5.10 Å². The normalized spacial score (nSPS) is 12.4. The number of nitrogen functional groups attached to an aromatic ring is 1. The molecule has 0 radical (unpaired) electrons. The minimum absolute atomic E-state index is 0.0733. The van der Waals surface area contributed by atoms with Gasteiger partial charge in [0.1, 0.15) is 5.52 Å². The molecule has 0 amide bonds. The lowest BCUT2D eigenvalue weighted by Crippen LogP contribution is -2.21. The van der Waals surface area contributed by atoms with Crippen molar-refractivity contribution >= 4 is 27.6 Å². The standard InChI is InChI=1S/C18H24N4/c1-5-6-8-12-9-7-10-14-15(12)13-11-22(18(2,3)4)21-16(13)17(19)20-14/h7,9-11H,5-6,8H2,1-4H3,(H2,19,20). The number of hydrogen-bond acceptors (Lipinski definition) is 3. The number of nitrogens with two attached hydrogens (primary N) is 1. The summed E-state index contributed by atoms with van der Waals surface area (Å²) < 4.78 is 1.99. The van der Waals surface area contributed by atoms with E-state index in [1.165, 1.54) is 23.8 Å². The third-order valence-corrected chi connectivity index (χ3v) is 4.08. The molecule has 0 aliphatic heterocycles. The zero-order valence-corrected chi connectivity index (χ0v) is 13.8. The van der Waals surface area contributed by atoms with Crippen molar-refractivity contribution in [1.29, 1.82) is 0 Å². The maximum atomic E-state index is 6.14. The largest absolute Gasteiger partial charge is 0.382 e. The second-order valence-electron chi connectivity index (χ2n) is 6.92. The molecule has 0 saturated carbocycles. The van der Waals surface area contributed by atoms with E-state index in [1.54, 1.807) is 0 Å². The molecule has 2 N–H and O–H groups in total. The van der Waals surface area contributed by atoms with Gasteiger partial charge >= 0.3 is 0 Å². The Morgan fingerprint density at radius 2 is 2.00 bits per heavy atom. The Labute approximate surface area is 131 Å². The van der Waals surface area contributed by atoms with Gasteiger partial charge in [-0.05, 0) is 45.2 Å². The summed E-state index contributed by atoms with van der Waals surface area (Å²) in [5.41, 5.74) is 9.18. The molecule has 2 heterocycles. The van der Waals surface area contributed by atoms with Crippen molar-refractivity contribution in [2.75, 3.05) is 5.73 Å². The van der Waals surface area contributed by atoms with Crippen molar-refractivity contribution in [3.05, 3.63) is 30.0 Å². The molecule has 0 spiro atoms. The van der Waals surface area contributed by atoms with E-state index in [0.717, 1.165) is 22.8 Å². The zero-order chi connectivity index (χ0) is 15.9. The predicted octanol–water partition coefficient (Wildman–Crippen LogP) is 4.26. The summed E-state index contributed by atoms with van der Waals surface area (Å²) in [6.07, 6.45) is 5.54. The summed E-state index contributed by atoms with van der Waals surface area (Å²) in [4.78, 5) is 4.57. The fourth-order valence-corrected chi connectivity index (χ4v) is 2.84. The lowest BCUT2D eigenvalue weighted by Gasteiger charge is -2.18. The van der Waals surface area contributed by atoms with Crippen molar-refractivity contribution in [2.24, 2.45) is 0 Å². The Morgan fingerprint density at radius 3 is 2.68 bits per heavy atom. The molecule has 1 aromatic carbocycles. The van der Waals surface area contributed by atoms with Crippen molar-refractivity contribution in [3.8, 4) is 0 Å². The van der Waals surface area contributed by atoms with Crippen LogP contribution in [0.15, 0.2) is 24.4 Å². The monoisotopic (exact) mass is 296 g/mol. The quantitative estimate of drug-likeness (QED) is 0.785. The van der Waals surface area contributed by atoms with Gasteiger partial charge in [0.05, 0.1) is 11.1 Å². The smallest absolute Gasteiger partial charge is 0.152 e. The highest BCUT2D eigenvalue weighted by Gasteiger charge is 2.19. The van der Waals surface area contributed by atoms with Crippen LogP contribution < -0.4 is 5.73 Å². The number of benzene rings is 1. The van der Waals surface area contributed by atoms with Crippen LogP contribution in [0.5, 0.6) is 0 Å². The fourth-order valence-electron chi connectivity index (χ4n) is 2.84. The molecular weight excluding hydrogens is 272 g/mol. The predicted molar refractivity (Wildman–Crippen MR) is 93.1 cm³/mol. The van der Waals surface area contributed by atoms with Gasteiger partial charge in [-0.15, -0.1) is 0 Å². The fraction of sp³-hybridized carbons (Fsp3) is 0.444. The maximum Gasteiger partial charge on any atom is 0.152 e. The zero-order valence-electron chi connectivity index (χ0n) is 13.8. The van der Waals surface area contributed by atoms with Gasteiger partial charge < -0.3 is 5.73 Å². The number of unbranched alkanes of at least 4 members (excludes halogenated alkanes) is 1. The van der Waals surface area contributed by atoms with Gasteiger partial charge in [-0.1, -0.05) is 25.5 Å². The summed E-state index contributed by atoms with van der Waals surface area (Å²) in [6, 6.07) is 6.30. The molecule has 0 saturated heterocycles. The topological polar surface area (TPSA) is 56.7 Å². The van der Waals surface area contributed by atoms with E-state index in [0.29, 0.717) is 5.82 Å². The first-order valence-electron chi connectivity index (χ1n) is 7.98. The van der Waals surface area contributed by atoms with E-state index >= 15 is 0 Å². The molecular formula is C18H24N4. The van der Waals surface area contributed by atoms with E-state index in [9.17, 15) is 0 Å². The molecule has 0 aliphatic carbocycles. The first-order chi connectivity index (χ1) is 10.4. The molecule has 0 unspecified atom stereocenters. The minimum Gasteiger partial charge on any atom is -0.382 e. The highest BCUT2D eigenvalue weighted by Crippen LogP contribution is 2.31. The number of anilines is 1. The van der Waals surface area contributed by atoms with Crippen LogP contribution in [0.4, 0.5) is 5.82 Å². The molecule has 3 rings (SSSR count). The molecule has 4 nitrogen and oxygen atoms in total. The molecule has 2 aromatic heterocycles. The summed E-state index contributed by atoms with van der Waals surface area (Å²) in [5.74, 6) is 0.512. The molecule has 22 heavy (non-hydrogen) atoms. The summed E-state index contributed by atoms with van der Waals surface area (Å²) in [6.45, 7) is 8.64. The summed E-state index contributed by atoms with van der Waals surface area (Å²) >= 11 is 0. The second kappa shape index (κ2) is 5.27. The van der Waals surface area contributed by atoms with Crippen LogP contribution in [0.3, 0.4) is 0 Å². The Balaban J connectivity index is 2.34. The highest BCUT2D eigenvalue weighted by molar-refractivity contribution is 6.09. The van der Waals surface area contributed by atoms with Crippen LogP contribution in [0.2, 0.25) is 0 Å². The number of fused-ring (bicyclic) bond motifs is 3. The Kier molecular flexibility index (Phi) is 3.55. The SMILES string of the molecule is CCCCc1cccc2nc(N)c3nn(C(C)(C)C)cc3c12. The molecule has 116 valence electrons. The Hall–Kier alpha value is -2.10. The molecule has 0 fully saturated rings. The Bertz CT molecular complexity index is 824. The van der Waals surface area contributed by atoms with Crippen LogP contribution >= 0.6 is 0 Å². The van der Waals surface area contributed by atoms with Crippen LogP contribution in [0.1, 0.15) is 46.1 Å². The van der Waals surface area contributed by atoms with E-state index in [-0.39, 0.29) is 5.54 Å². The third kappa shape index (κ3) is 2.43. The number of aromatic nitrogens is 3. The van der Waals surface area contributed by atoms with Crippen LogP contribution in [0.25, 0.3) is 21.8 Å². The van der Waals surface area contributed by atoms with Crippen LogP contribution in [0, 0.1) is 0 Å². The van der Waals surface area contributed by atoms with E-state index in [2.05, 4.69) is 56.1 Å². The van der Waals surface area contributed by atoms with Gasteiger partial charge in [0, 0.05) is 17.0 Å². The first kappa shape index (κ1) is 14.8. The molecule has 0 bridgehead atoms. The number of nitrogens with zero attached hydrogens (tertiary/aromatic N) is 3. The summed E-state index contributed by atoms with van der Waals surface area (Å²) in [7, 11) is 0. The van der Waals surface area contributed by atoms with Gasteiger partial charge in [0.25, 0.3) is 0 Å². The van der Waals surface area contributed by atoms with E-state index in [1.807, 2.05) is 10.7 Å². The van der Waals surface area contributed by atoms with Crippen LogP contribution in [-0.2, 0) is 12.0 Å². The number of aryl methyl sites for hydroxylation is 1. The van der Waals surface area contributed by atoms with Crippen molar-refractivity contribution < 1.29 is 0 Å². The van der Waals surface area contributed by atoms with Crippen molar-refractivity contribution in [2.45, 2.75) is 52.5 Å². The molecule has 4 heteroatoms. The van der Waals surface area contributed by atoms with Crippen LogP contribution in [-0.4, -0.2) is 14.8 Å². The lowest BCUT2D eigenvalue weighted by atomic mass is 10.0. The van der Waals surface area contributed by atoms with Crippen molar-refractivity contribution in [1.82, 2.24) is 14.8 Å².